The molecule has 3 heteroatoms. The summed E-state index contributed by atoms with van der Waals surface area (Å²) < 4.78 is 0. The van der Waals surface area contributed by atoms with Crippen LogP contribution in [0.25, 0.3) is 0 Å². The predicted octanol–water partition coefficient (Wildman–Crippen LogP) is 4.79. The van der Waals surface area contributed by atoms with Crippen LogP contribution in [-0.4, -0.2) is 13.1 Å². The number of halogens is 1. The Kier molecular flexibility index (Phi) is 4.91. The third kappa shape index (κ3) is 3.67. The van der Waals surface area contributed by atoms with Crippen LogP contribution in [0.3, 0.4) is 0 Å². The van der Waals surface area contributed by atoms with Gasteiger partial charge in [-0.3, -0.25) is 0 Å². The summed E-state index contributed by atoms with van der Waals surface area (Å²) in [5.74, 6) is 0. The molecule has 106 valence electrons. The van der Waals surface area contributed by atoms with E-state index in [1.54, 1.807) is 0 Å². The number of benzene rings is 2. The van der Waals surface area contributed by atoms with E-state index in [0.29, 0.717) is 0 Å². The molecule has 0 aliphatic heterocycles. The zero-order valence-electron chi connectivity index (χ0n) is 12.3. The molecule has 0 radical (unpaired) electrons. The molecule has 2 aromatic rings. The van der Waals surface area contributed by atoms with E-state index in [1.165, 1.54) is 22.4 Å². The van der Waals surface area contributed by atoms with Gasteiger partial charge in [0.15, 0.2) is 0 Å². The standard InChI is InChI=1S/C17H21ClN2/c1-12-5-4-6-16(14(12)3)19-9-10-20-17-11-15(18)8-7-13(17)2/h4-8,11,19-20H,9-10H2,1-3H3. The molecular formula is C17H21ClN2. The fourth-order valence-electron chi connectivity index (χ4n) is 2.12. The zero-order chi connectivity index (χ0) is 14.5. The topological polar surface area (TPSA) is 24.1 Å². The van der Waals surface area contributed by atoms with Gasteiger partial charge in [-0.05, 0) is 55.7 Å². The summed E-state index contributed by atoms with van der Waals surface area (Å²) in [6, 6.07) is 12.2. The second-order valence-electron chi connectivity index (χ2n) is 5.06. The van der Waals surface area contributed by atoms with E-state index in [9.17, 15) is 0 Å². The lowest BCUT2D eigenvalue weighted by molar-refractivity contribution is 1.07. The van der Waals surface area contributed by atoms with Crippen molar-refractivity contribution in [2.24, 2.45) is 0 Å². The highest BCUT2D eigenvalue weighted by atomic mass is 35.5. The number of nitrogens with one attached hydrogen (secondary N) is 2. The van der Waals surface area contributed by atoms with Crippen LogP contribution < -0.4 is 10.6 Å². The first-order chi connectivity index (χ1) is 9.58. The molecule has 2 nitrogen and oxygen atoms in total. The van der Waals surface area contributed by atoms with E-state index >= 15 is 0 Å². The van der Waals surface area contributed by atoms with E-state index < -0.39 is 0 Å². The third-order valence-corrected chi connectivity index (χ3v) is 3.80. The van der Waals surface area contributed by atoms with Gasteiger partial charge in [0.05, 0.1) is 0 Å². The lowest BCUT2D eigenvalue weighted by Gasteiger charge is -2.13. The van der Waals surface area contributed by atoms with Crippen LogP contribution in [0.4, 0.5) is 11.4 Å². The number of hydrogen-bond acceptors (Lipinski definition) is 2. The molecule has 2 aromatic carbocycles. The average Bonchev–Trinajstić information content (AvgIpc) is 2.43. The maximum atomic E-state index is 6.01. The number of aryl methyl sites for hydroxylation is 2. The molecule has 0 saturated carbocycles. The van der Waals surface area contributed by atoms with E-state index in [-0.39, 0.29) is 0 Å². The van der Waals surface area contributed by atoms with Crippen LogP contribution in [0.15, 0.2) is 36.4 Å². The first kappa shape index (κ1) is 14.7. The third-order valence-electron chi connectivity index (χ3n) is 3.56. The largest absolute Gasteiger partial charge is 0.383 e. The summed E-state index contributed by atoms with van der Waals surface area (Å²) in [6.07, 6.45) is 0. The summed E-state index contributed by atoms with van der Waals surface area (Å²) in [5.41, 5.74) is 6.14. The molecule has 0 amide bonds. The molecule has 0 unspecified atom stereocenters. The molecule has 0 spiro atoms. The van der Waals surface area contributed by atoms with Gasteiger partial charge in [0.2, 0.25) is 0 Å². The Morgan fingerprint density at radius 2 is 1.55 bits per heavy atom. The van der Waals surface area contributed by atoms with Gasteiger partial charge in [0.1, 0.15) is 0 Å². The van der Waals surface area contributed by atoms with Crippen molar-refractivity contribution in [3.8, 4) is 0 Å². The highest BCUT2D eigenvalue weighted by molar-refractivity contribution is 6.30. The molecule has 2 rings (SSSR count). The monoisotopic (exact) mass is 288 g/mol. The summed E-state index contributed by atoms with van der Waals surface area (Å²) in [5, 5.41) is 7.64. The minimum absolute atomic E-state index is 0.764. The summed E-state index contributed by atoms with van der Waals surface area (Å²) >= 11 is 6.01. The van der Waals surface area contributed by atoms with E-state index in [2.05, 4.69) is 49.6 Å². The summed E-state index contributed by atoms with van der Waals surface area (Å²) in [4.78, 5) is 0. The first-order valence-corrected chi connectivity index (χ1v) is 7.26. The van der Waals surface area contributed by atoms with Crippen LogP contribution in [0.1, 0.15) is 16.7 Å². The second kappa shape index (κ2) is 6.67. The van der Waals surface area contributed by atoms with Crippen molar-refractivity contribution in [2.75, 3.05) is 23.7 Å². The SMILES string of the molecule is Cc1ccc(Cl)cc1NCCNc1cccc(C)c1C. The van der Waals surface area contributed by atoms with Gasteiger partial charge in [-0.1, -0.05) is 29.8 Å². The van der Waals surface area contributed by atoms with Gasteiger partial charge in [0.25, 0.3) is 0 Å². The summed E-state index contributed by atoms with van der Waals surface area (Å²) in [7, 11) is 0. The number of rotatable bonds is 5. The highest BCUT2D eigenvalue weighted by Crippen LogP contribution is 2.20. The van der Waals surface area contributed by atoms with Crippen LogP contribution >= 0.6 is 11.6 Å². The van der Waals surface area contributed by atoms with Crippen molar-refractivity contribution in [2.45, 2.75) is 20.8 Å². The van der Waals surface area contributed by atoms with Gasteiger partial charge in [-0.25, -0.2) is 0 Å². The predicted molar refractivity (Wildman–Crippen MR) is 89.1 cm³/mol. The van der Waals surface area contributed by atoms with Crippen LogP contribution in [0.2, 0.25) is 5.02 Å². The van der Waals surface area contributed by atoms with Gasteiger partial charge >= 0.3 is 0 Å². The van der Waals surface area contributed by atoms with E-state index in [1.807, 2.05) is 18.2 Å². The molecular weight excluding hydrogens is 268 g/mol. The Morgan fingerprint density at radius 3 is 2.30 bits per heavy atom. The quantitative estimate of drug-likeness (QED) is 0.773. The Morgan fingerprint density at radius 1 is 0.850 bits per heavy atom. The summed E-state index contributed by atoms with van der Waals surface area (Å²) in [6.45, 7) is 8.09. The normalized spacial score (nSPS) is 10.4. The van der Waals surface area contributed by atoms with Crippen molar-refractivity contribution < 1.29 is 0 Å². The molecule has 2 N–H and O–H groups in total. The number of anilines is 2. The van der Waals surface area contributed by atoms with E-state index in [0.717, 1.165) is 23.8 Å². The Bertz CT molecular complexity index is 590. The van der Waals surface area contributed by atoms with Crippen molar-refractivity contribution in [1.29, 1.82) is 0 Å². The molecule has 20 heavy (non-hydrogen) atoms. The molecule has 0 saturated heterocycles. The van der Waals surface area contributed by atoms with Gasteiger partial charge in [-0.15, -0.1) is 0 Å². The van der Waals surface area contributed by atoms with Crippen molar-refractivity contribution in [3.05, 3.63) is 58.1 Å². The highest BCUT2D eigenvalue weighted by Gasteiger charge is 2.01. The van der Waals surface area contributed by atoms with Gasteiger partial charge in [-0.2, -0.15) is 0 Å². The molecule has 0 aromatic heterocycles. The van der Waals surface area contributed by atoms with Crippen LogP contribution in [0, 0.1) is 20.8 Å². The van der Waals surface area contributed by atoms with Gasteiger partial charge in [0, 0.05) is 29.5 Å². The molecule has 0 heterocycles. The maximum absolute atomic E-state index is 6.01. The van der Waals surface area contributed by atoms with Crippen molar-refractivity contribution in [1.82, 2.24) is 0 Å². The Labute approximate surface area is 126 Å². The smallest absolute Gasteiger partial charge is 0.0426 e. The van der Waals surface area contributed by atoms with Crippen LogP contribution in [-0.2, 0) is 0 Å². The first-order valence-electron chi connectivity index (χ1n) is 6.88. The fraction of sp³-hybridized carbons (Fsp3) is 0.294. The average molecular weight is 289 g/mol. The molecule has 0 aliphatic carbocycles. The second-order valence-corrected chi connectivity index (χ2v) is 5.50. The van der Waals surface area contributed by atoms with Crippen molar-refractivity contribution in [3.63, 3.8) is 0 Å². The van der Waals surface area contributed by atoms with Crippen LogP contribution in [0.5, 0.6) is 0 Å². The lowest BCUT2D eigenvalue weighted by atomic mass is 10.1. The lowest BCUT2D eigenvalue weighted by Crippen LogP contribution is -2.14. The Hall–Kier alpha value is -1.67. The number of hydrogen-bond donors (Lipinski definition) is 2. The van der Waals surface area contributed by atoms with Gasteiger partial charge < -0.3 is 10.6 Å². The Balaban J connectivity index is 1.88. The minimum atomic E-state index is 0.764. The molecule has 0 atom stereocenters. The molecule has 0 aliphatic rings. The molecule has 0 fully saturated rings. The molecule has 0 bridgehead atoms. The maximum Gasteiger partial charge on any atom is 0.0426 e. The van der Waals surface area contributed by atoms with Crippen molar-refractivity contribution >= 4 is 23.0 Å². The van der Waals surface area contributed by atoms with E-state index in [4.69, 9.17) is 11.6 Å². The minimum Gasteiger partial charge on any atom is -0.383 e. The fourth-order valence-corrected chi connectivity index (χ4v) is 2.29. The zero-order valence-corrected chi connectivity index (χ0v) is 13.0.